The lowest BCUT2D eigenvalue weighted by atomic mass is 9.86. The van der Waals surface area contributed by atoms with Gasteiger partial charge in [-0.3, -0.25) is 9.59 Å². The minimum atomic E-state index is -0.792. The first-order chi connectivity index (χ1) is 16.4. The van der Waals surface area contributed by atoms with Crippen LogP contribution in [0, 0.1) is 17.8 Å². The lowest BCUT2D eigenvalue weighted by Crippen LogP contribution is -2.60. The van der Waals surface area contributed by atoms with E-state index in [1.807, 2.05) is 27.7 Å². The van der Waals surface area contributed by atoms with Gasteiger partial charge in [-0.2, -0.15) is 11.8 Å². The third-order valence-electron chi connectivity index (χ3n) is 6.84. The van der Waals surface area contributed by atoms with Crippen molar-refractivity contribution in [3.8, 4) is 0 Å². The van der Waals surface area contributed by atoms with Gasteiger partial charge >= 0.3 is 6.09 Å². The summed E-state index contributed by atoms with van der Waals surface area (Å²) in [6, 6.07) is -1.02. The number of hydrogen-bond donors (Lipinski definition) is 3. The summed E-state index contributed by atoms with van der Waals surface area (Å²) >= 11 is 1.66. The molecule has 1 saturated heterocycles. The van der Waals surface area contributed by atoms with Crippen molar-refractivity contribution >= 4 is 29.7 Å². The Morgan fingerprint density at radius 3 is 2.31 bits per heavy atom. The maximum Gasteiger partial charge on any atom is 0.407 e. The topological polar surface area (TPSA) is 114 Å². The molecule has 0 bridgehead atoms. The summed E-state index contributed by atoms with van der Waals surface area (Å²) < 4.78 is 4.77. The summed E-state index contributed by atoms with van der Waals surface area (Å²) in [5.41, 5.74) is 6.00. The van der Waals surface area contributed by atoms with Crippen molar-refractivity contribution in [2.24, 2.45) is 23.5 Å². The van der Waals surface area contributed by atoms with E-state index in [2.05, 4.69) is 24.5 Å². The molecule has 1 saturated carbocycles. The Balaban J connectivity index is 2.08. The highest BCUT2D eigenvalue weighted by Gasteiger charge is 2.44. The van der Waals surface area contributed by atoms with Gasteiger partial charge in [0.05, 0.1) is 6.61 Å². The van der Waals surface area contributed by atoms with Gasteiger partial charge in [0.25, 0.3) is 0 Å². The van der Waals surface area contributed by atoms with Crippen molar-refractivity contribution in [3.63, 3.8) is 0 Å². The van der Waals surface area contributed by atoms with Crippen LogP contribution in [0.2, 0.25) is 0 Å². The van der Waals surface area contributed by atoms with Crippen molar-refractivity contribution in [1.29, 1.82) is 0 Å². The molecule has 8 nitrogen and oxygen atoms in total. The van der Waals surface area contributed by atoms with E-state index in [0.717, 1.165) is 37.9 Å². The van der Waals surface area contributed by atoms with Crippen LogP contribution in [0.5, 0.6) is 0 Å². The smallest absolute Gasteiger partial charge is 0.407 e. The number of thioether (sulfide) groups is 1. The molecule has 0 aromatic rings. The van der Waals surface area contributed by atoms with E-state index in [-0.39, 0.29) is 30.4 Å². The van der Waals surface area contributed by atoms with Crippen molar-refractivity contribution in [2.45, 2.75) is 103 Å². The molecule has 2 aliphatic rings. The van der Waals surface area contributed by atoms with Crippen molar-refractivity contribution in [2.75, 3.05) is 25.4 Å². The van der Waals surface area contributed by atoms with Crippen LogP contribution in [0.1, 0.15) is 80.1 Å². The lowest BCUT2D eigenvalue weighted by molar-refractivity contribution is -0.140. The normalized spacial score (nSPS) is 23.9. The molecular formula is C26H48N4O4S. The largest absolute Gasteiger partial charge is 0.449 e. The lowest BCUT2D eigenvalue weighted by Gasteiger charge is -2.37. The van der Waals surface area contributed by atoms with Crippen LogP contribution in [0.25, 0.3) is 0 Å². The number of carbonyl (C=O) groups is 3. The second-order valence-electron chi connectivity index (χ2n) is 11.6. The van der Waals surface area contributed by atoms with Crippen LogP contribution in [-0.2, 0) is 14.3 Å². The summed E-state index contributed by atoms with van der Waals surface area (Å²) in [4.78, 5) is 41.2. The predicted molar refractivity (Wildman–Crippen MR) is 142 cm³/mol. The Bertz CT molecular complexity index is 707. The number of carbonyl (C=O) groups excluding carboxylic acids is 3. The number of amides is 3. The van der Waals surface area contributed by atoms with Gasteiger partial charge in [-0.1, -0.05) is 27.7 Å². The molecule has 2 atom stereocenters. The first-order valence-electron chi connectivity index (χ1n) is 13.3. The minimum absolute atomic E-state index is 0.0977. The number of nitrogens with two attached hydrogens (primary N) is 1. The van der Waals surface area contributed by atoms with Crippen LogP contribution < -0.4 is 16.4 Å². The van der Waals surface area contributed by atoms with Gasteiger partial charge in [0.15, 0.2) is 0 Å². The maximum atomic E-state index is 13.8. The molecule has 9 heteroatoms. The van der Waals surface area contributed by atoms with Gasteiger partial charge in [0.1, 0.15) is 12.1 Å². The fraction of sp³-hybridized carbons (Fsp3) is 0.885. The Hall–Kier alpha value is -1.48. The quantitative estimate of drug-likeness (QED) is 0.390. The highest BCUT2D eigenvalue weighted by molar-refractivity contribution is 8.00. The Kier molecular flexibility index (Phi) is 11.7. The minimum Gasteiger partial charge on any atom is -0.449 e. The highest BCUT2D eigenvalue weighted by Crippen LogP contribution is 2.33. The number of nitrogens with one attached hydrogen (secondary N) is 2. The molecular weight excluding hydrogens is 464 g/mol. The summed E-state index contributed by atoms with van der Waals surface area (Å²) in [7, 11) is 0. The van der Waals surface area contributed by atoms with E-state index in [9.17, 15) is 14.4 Å². The van der Waals surface area contributed by atoms with Crippen molar-refractivity contribution in [1.82, 2.24) is 15.5 Å². The fourth-order valence-corrected chi connectivity index (χ4v) is 5.71. The second kappa shape index (κ2) is 13.7. The second-order valence-corrected chi connectivity index (χ2v) is 13.3. The van der Waals surface area contributed by atoms with Gasteiger partial charge in [-0.05, 0) is 75.9 Å². The van der Waals surface area contributed by atoms with Crippen LogP contribution in [0.3, 0.4) is 0 Å². The van der Waals surface area contributed by atoms with E-state index >= 15 is 0 Å². The van der Waals surface area contributed by atoms with Crippen LogP contribution >= 0.6 is 11.8 Å². The van der Waals surface area contributed by atoms with E-state index in [4.69, 9.17) is 10.5 Å². The molecule has 2 rings (SSSR count). The Morgan fingerprint density at radius 1 is 1.06 bits per heavy atom. The predicted octanol–water partition coefficient (Wildman–Crippen LogP) is 3.53. The molecule has 4 N–H and O–H groups in total. The van der Waals surface area contributed by atoms with E-state index < -0.39 is 22.9 Å². The molecule has 0 spiro atoms. The number of rotatable bonds is 11. The molecule has 0 radical (unpaired) electrons. The SMILES string of the molecule is CC(C)COC(=O)N[C@@H](C(=O)N1CCC[C@H]1C(=O)NC[C@H]1CC[C@H](N)CC1)C(C)(C)SCC(C)C. The van der Waals surface area contributed by atoms with Crippen LogP contribution in [0.4, 0.5) is 4.79 Å². The monoisotopic (exact) mass is 512 g/mol. The average Bonchev–Trinajstić information content (AvgIpc) is 3.29. The molecule has 35 heavy (non-hydrogen) atoms. The van der Waals surface area contributed by atoms with E-state index in [0.29, 0.717) is 31.3 Å². The summed E-state index contributed by atoms with van der Waals surface area (Å²) in [5, 5.41) is 5.94. The maximum absolute atomic E-state index is 13.8. The van der Waals surface area contributed by atoms with Gasteiger partial charge in [-0.25, -0.2) is 4.79 Å². The molecule has 0 aromatic carbocycles. The van der Waals surface area contributed by atoms with E-state index in [1.54, 1.807) is 16.7 Å². The van der Waals surface area contributed by atoms with Crippen molar-refractivity contribution in [3.05, 3.63) is 0 Å². The van der Waals surface area contributed by atoms with Gasteiger partial charge in [0, 0.05) is 23.9 Å². The summed E-state index contributed by atoms with van der Waals surface area (Å²) in [6.45, 7) is 13.6. The highest BCUT2D eigenvalue weighted by atomic mass is 32.2. The van der Waals surface area contributed by atoms with E-state index in [1.165, 1.54) is 0 Å². The first-order valence-corrected chi connectivity index (χ1v) is 14.3. The third-order valence-corrected chi connectivity index (χ3v) is 8.65. The zero-order chi connectivity index (χ0) is 26.2. The van der Waals surface area contributed by atoms with Crippen LogP contribution in [-0.4, -0.2) is 71.1 Å². The molecule has 2 fully saturated rings. The van der Waals surface area contributed by atoms with Gasteiger partial charge in [-0.15, -0.1) is 0 Å². The molecule has 0 aromatic heterocycles. The third kappa shape index (κ3) is 9.48. The molecule has 202 valence electrons. The Labute approximate surface area is 216 Å². The Morgan fingerprint density at radius 2 is 1.71 bits per heavy atom. The average molecular weight is 513 g/mol. The standard InChI is InChI=1S/C26H48N4O4S/c1-17(2)15-34-25(33)29-22(26(5,6)35-16-18(3)4)24(32)30-13-7-8-21(30)23(31)28-14-19-9-11-20(27)12-10-19/h17-22H,7-16,27H2,1-6H3,(H,28,31)(H,29,33)/t19-,20-,21-,22-/m0/s1. The fourth-order valence-electron chi connectivity index (χ4n) is 4.62. The number of ether oxygens (including phenoxy) is 1. The summed E-state index contributed by atoms with van der Waals surface area (Å²) in [5.74, 6) is 1.63. The van der Waals surface area contributed by atoms with Gasteiger partial charge in [0.2, 0.25) is 11.8 Å². The van der Waals surface area contributed by atoms with Crippen molar-refractivity contribution < 1.29 is 19.1 Å². The molecule has 0 unspecified atom stereocenters. The molecule has 1 aliphatic carbocycles. The zero-order valence-electron chi connectivity index (χ0n) is 22.6. The summed E-state index contributed by atoms with van der Waals surface area (Å²) in [6.07, 6.45) is 4.87. The number of alkyl carbamates (subject to hydrolysis) is 1. The van der Waals surface area contributed by atoms with Gasteiger partial charge < -0.3 is 26.0 Å². The molecule has 3 amide bonds. The number of nitrogens with zero attached hydrogens (tertiary/aromatic N) is 1. The molecule has 1 aliphatic heterocycles. The zero-order valence-corrected chi connectivity index (χ0v) is 23.4. The number of likely N-dealkylation sites (tertiary alicyclic amines) is 1. The first kappa shape index (κ1) is 29.7. The van der Waals surface area contributed by atoms with Crippen LogP contribution in [0.15, 0.2) is 0 Å². The molecule has 1 heterocycles. The number of hydrogen-bond acceptors (Lipinski definition) is 6.